The summed E-state index contributed by atoms with van der Waals surface area (Å²) in [6.07, 6.45) is 3.49. The Morgan fingerprint density at radius 3 is 2.31 bits per heavy atom. The number of benzene rings is 4. The van der Waals surface area contributed by atoms with Gasteiger partial charge in [-0.05, 0) is 67.8 Å². The van der Waals surface area contributed by atoms with Gasteiger partial charge in [-0.3, -0.25) is 14.4 Å². The van der Waals surface area contributed by atoms with Crippen molar-refractivity contribution in [2.75, 3.05) is 19.6 Å². The first-order valence-electron chi connectivity index (χ1n) is 19.3. The molecule has 2 atom stereocenters. The highest BCUT2D eigenvalue weighted by Crippen LogP contribution is 2.34. The second-order valence-electron chi connectivity index (χ2n) is 15.1. The summed E-state index contributed by atoms with van der Waals surface area (Å²) in [6, 6.07) is 25.7. The van der Waals surface area contributed by atoms with Crippen molar-refractivity contribution < 1.29 is 32.7 Å². The third-order valence-corrected chi connectivity index (χ3v) is 12.2. The number of rotatable bonds is 12. The third-order valence-electron chi connectivity index (χ3n) is 10.5. The smallest absolute Gasteiger partial charge is 0.334 e. The van der Waals surface area contributed by atoms with Crippen LogP contribution in [-0.2, 0) is 39.1 Å². The van der Waals surface area contributed by atoms with Crippen molar-refractivity contribution in [3.63, 3.8) is 0 Å². The van der Waals surface area contributed by atoms with E-state index < -0.39 is 34.2 Å². The summed E-state index contributed by atoms with van der Waals surface area (Å²) < 4.78 is 30.0. The van der Waals surface area contributed by atoms with E-state index in [2.05, 4.69) is 11.9 Å². The summed E-state index contributed by atoms with van der Waals surface area (Å²) >= 11 is 0. The lowest BCUT2D eigenvalue weighted by molar-refractivity contribution is -0.189. The standard InChI is InChI=1S/C45H46N6O7S/c1-5-22-48-29-42(54)50-39(24-32-16-18-35(52)19-17-32)44(55)47(28-41(50)51(48)45(56)46-25-33-10-7-6-8-11-33)26-34-12-9-13-37-38(40(53)23-30(2)3)27-49(43(34)37)59(57,58)36-20-14-31(4)15-21-36/h5-21,23,27,39,41,52H,1,22,24-26,28-29H2,2-4H3,(H,46,56)/t39-,41-/m0/s1. The number of allylic oxidation sites excluding steroid dienone is 2. The molecule has 4 amide bonds. The summed E-state index contributed by atoms with van der Waals surface area (Å²) in [5.41, 5.74) is 3.99. The van der Waals surface area contributed by atoms with Crippen LogP contribution in [0.4, 0.5) is 4.79 Å². The maximum Gasteiger partial charge on any atom is 0.334 e. The monoisotopic (exact) mass is 814 g/mol. The number of para-hydroxylation sites is 1. The molecule has 2 fully saturated rings. The van der Waals surface area contributed by atoms with E-state index in [1.165, 1.54) is 51.3 Å². The molecule has 4 aromatic carbocycles. The van der Waals surface area contributed by atoms with Gasteiger partial charge >= 0.3 is 6.03 Å². The first-order chi connectivity index (χ1) is 28.3. The van der Waals surface area contributed by atoms with Gasteiger partial charge in [0.15, 0.2) is 5.78 Å². The van der Waals surface area contributed by atoms with Gasteiger partial charge in [0.1, 0.15) is 18.0 Å². The zero-order chi connectivity index (χ0) is 42.0. The normalized spacial score (nSPS) is 17.2. The third kappa shape index (κ3) is 8.27. The van der Waals surface area contributed by atoms with Gasteiger partial charge in [0, 0.05) is 43.2 Å². The van der Waals surface area contributed by atoms with Gasteiger partial charge in [-0.15, -0.1) is 6.58 Å². The zero-order valence-electron chi connectivity index (χ0n) is 33.1. The molecule has 0 spiro atoms. The van der Waals surface area contributed by atoms with Gasteiger partial charge in [-0.2, -0.15) is 0 Å². The number of piperazine rings is 1. The zero-order valence-corrected chi connectivity index (χ0v) is 33.9. The number of hydrogen-bond acceptors (Lipinski definition) is 8. The fourth-order valence-corrected chi connectivity index (χ4v) is 9.16. The summed E-state index contributed by atoms with van der Waals surface area (Å²) in [6.45, 7) is 9.22. The first-order valence-corrected chi connectivity index (χ1v) is 20.7. The number of aryl methyl sites for hydroxylation is 1. The highest BCUT2D eigenvalue weighted by atomic mass is 32.2. The Labute approximate surface area is 343 Å². The largest absolute Gasteiger partial charge is 0.508 e. The molecule has 2 aliphatic heterocycles. The predicted octanol–water partition coefficient (Wildman–Crippen LogP) is 5.78. The first kappa shape index (κ1) is 40.7. The van der Waals surface area contributed by atoms with E-state index in [0.29, 0.717) is 16.5 Å². The molecule has 0 bridgehead atoms. The van der Waals surface area contributed by atoms with Crippen LogP contribution in [0.25, 0.3) is 10.9 Å². The van der Waals surface area contributed by atoms with E-state index in [4.69, 9.17) is 0 Å². The SMILES string of the molecule is C=CCN1CC(=O)N2[C@@H](Cc3ccc(O)cc3)C(=O)N(Cc3cccc4c(C(=O)C=C(C)C)cn(S(=O)(=O)c5ccc(C)cc5)c34)C[C@@H]2N1C(=O)NCc1ccccc1. The molecular weight excluding hydrogens is 769 g/mol. The molecule has 0 radical (unpaired) electrons. The molecule has 5 aromatic rings. The second kappa shape index (κ2) is 16.8. The lowest BCUT2D eigenvalue weighted by Crippen LogP contribution is -2.76. The molecule has 7 rings (SSSR count). The number of nitrogens with zero attached hydrogens (tertiary/aromatic N) is 5. The Morgan fingerprint density at radius 2 is 1.63 bits per heavy atom. The average Bonchev–Trinajstić information content (AvgIpc) is 3.62. The van der Waals surface area contributed by atoms with Gasteiger partial charge < -0.3 is 20.2 Å². The molecule has 304 valence electrons. The maximum absolute atomic E-state index is 14.8. The van der Waals surface area contributed by atoms with Crippen molar-refractivity contribution in [3.05, 3.63) is 155 Å². The van der Waals surface area contributed by atoms with Crippen molar-refractivity contribution in [1.29, 1.82) is 0 Å². The number of carbonyl (C=O) groups is 4. The van der Waals surface area contributed by atoms with E-state index in [-0.39, 0.29) is 72.6 Å². The van der Waals surface area contributed by atoms with Crippen LogP contribution in [0.3, 0.4) is 0 Å². The van der Waals surface area contributed by atoms with E-state index in [0.717, 1.165) is 20.7 Å². The van der Waals surface area contributed by atoms with E-state index in [1.807, 2.05) is 37.3 Å². The lowest BCUT2D eigenvalue weighted by atomic mass is 9.98. The number of phenols is 1. The minimum atomic E-state index is -4.25. The lowest BCUT2D eigenvalue weighted by Gasteiger charge is -2.55. The van der Waals surface area contributed by atoms with Gasteiger partial charge in [0.2, 0.25) is 11.8 Å². The Morgan fingerprint density at radius 1 is 0.915 bits per heavy atom. The molecular formula is C45H46N6O7S. The fourth-order valence-electron chi connectivity index (χ4n) is 7.76. The fraction of sp³-hybridized carbons (Fsp3) is 0.244. The van der Waals surface area contributed by atoms with Crippen molar-refractivity contribution in [2.45, 2.75) is 57.4 Å². The molecule has 0 saturated carbocycles. The summed E-state index contributed by atoms with van der Waals surface area (Å²) in [5.74, 6) is -1.10. The van der Waals surface area contributed by atoms with Crippen molar-refractivity contribution in [3.8, 4) is 5.75 Å². The number of nitrogens with one attached hydrogen (secondary N) is 1. The van der Waals surface area contributed by atoms with E-state index in [1.54, 1.807) is 67.4 Å². The van der Waals surface area contributed by atoms with Gasteiger partial charge in [0.25, 0.3) is 10.0 Å². The highest BCUT2D eigenvalue weighted by Gasteiger charge is 2.51. The van der Waals surface area contributed by atoms with E-state index >= 15 is 0 Å². The minimum absolute atomic E-state index is 0.0230. The molecule has 14 heteroatoms. The maximum atomic E-state index is 14.8. The molecule has 2 N–H and O–H groups in total. The number of hydrogen-bond donors (Lipinski definition) is 2. The molecule has 0 aliphatic carbocycles. The molecule has 3 heterocycles. The molecule has 1 aromatic heterocycles. The van der Waals surface area contributed by atoms with Gasteiger partial charge in [-0.25, -0.2) is 27.2 Å². The Bertz CT molecular complexity index is 2560. The quantitative estimate of drug-likeness (QED) is 0.0915. The van der Waals surface area contributed by atoms with E-state index in [9.17, 15) is 32.7 Å². The average molecular weight is 815 g/mol. The topological polar surface area (TPSA) is 153 Å². The van der Waals surface area contributed by atoms with Gasteiger partial charge in [-0.1, -0.05) is 90.0 Å². The van der Waals surface area contributed by atoms with Crippen LogP contribution < -0.4 is 5.32 Å². The minimum Gasteiger partial charge on any atom is -0.508 e. The molecule has 0 unspecified atom stereocenters. The van der Waals surface area contributed by atoms with Crippen LogP contribution in [-0.4, -0.2) is 92.8 Å². The van der Waals surface area contributed by atoms with Crippen LogP contribution >= 0.6 is 0 Å². The molecule has 2 aliphatic rings. The number of carbonyl (C=O) groups excluding carboxylic acids is 4. The molecule has 2 saturated heterocycles. The number of aromatic nitrogens is 1. The van der Waals surface area contributed by atoms with Crippen LogP contribution in [0.1, 0.15) is 46.5 Å². The van der Waals surface area contributed by atoms with Crippen molar-refractivity contribution >= 4 is 44.6 Å². The second-order valence-corrected chi connectivity index (χ2v) is 16.9. The number of fused-ring (bicyclic) bond motifs is 2. The van der Waals surface area contributed by atoms with Crippen LogP contribution in [0.15, 0.2) is 132 Å². The number of ketones is 1. The van der Waals surface area contributed by atoms with Crippen LogP contribution in [0.5, 0.6) is 5.75 Å². The van der Waals surface area contributed by atoms with Gasteiger partial charge in [0.05, 0.1) is 23.5 Å². The molecule has 59 heavy (non-hydrogen) atoms. The van der Waals surface area contributed by atoms with Crippen molar-refractivity contribution in [1.82, 2.24) is 29.1 Å². The summed E-state index contributed by atoms with van der Waals surface area (Å²) in [5, 5.41) is 16.5. The van der Waals surface area contributed by atoms with Crippen molar-refractivity contribution in [2.24, 2.45) is 0 Å². The number of aromatic hydroxyl groups is 1. The Hall–Kier alpha value is -6.51. The van der Waals surface area contributed by atoms with Crippen LogP contribution in [0.2, 0.25) is 0 Å². The Kier molecular flexibility index (Phi) is 11.6. The number of amides is 4. The van der Waals surface area contributed by atoms with Crippen LogP contribution in [0, 0.1) is 6.92 Å². The molecule has 13 nitrogen and oxygen atoms in total. The Balaban J connectivity index is 1.34. The predicted molar refractivity (Wildman–Crippen MR) is 223 cm³/mol. The number of phenolic OH excluding ortho intramolecular Hbond substituents is 1. The number of hydrazine groups is 1. The highest BCUT2D eigenvalue weighted by molar-refractivity contribution is 7.90. The summed E-state index contributed by atoms with van der Waals surface area (Å²) in [7, 11) is -4.25. The summed E-state index contributed by atoms with van der Waals surface area (Å²) in [4.78, 5) is 59.9. The number of urea groups is 1.